The topological polar surface area (TPSA) is 63.0 Å². The molecule has 3 heterocycles. The third-order valence-corrected chi connectivity index (χ3v) is 3.38. The van der Waals surface area contributed by atoms with Gasteiger partial charge < -0.3 is 15.0 Å². The maximum atomic E-state index is 10.1. The second-order valence-corrected chi connectivity index (χ2v) is 4.52. The van der Waals surface area contributed by atoms with Crippen LogP contribution in [0.1, 0.15) is 12.5 Å². The number of nitrogens with zero attached hydrogens (tertiary/aromatic N) is 3. The predicted octanol–water partition coefficient (Wildman–Crippen LogP) is 0.840. The number of rotatable bonds is 2. The van der Waals surface area contributed by atoms with Crippen LogP contribution in [0.25, 0.3) is 11.4 Å². The minimum Gasteiger partial charge on any atom is -0.390 e. The number of β-amino-alcohol motifs (C(OH)–C–C–N with tert-alkyl or cyclic N) is 1. The fourth-order valence-corrected chi connectivity index (χ4v) is 2.46. The van der Waals surface area contributed by atoms with E-state index in [1.807, 2.05) is 18.3 Å². The maximum absolute atomic E-state index is 10.1. The Morgan fingerprint density at radius 2 is 2.11 bits per heavy atom. The van der Waals surface area contributed by atoms with Gasteiger partial charge in [-0.25, -0.2) is 4.98 Å². The lowest BCUT2D eigenvalue weighted by molar-refractivity contribution is 0.0880. The van der Waals surface area contributed by atoms with Crippen LogP contribution in [0.4, 0.5) is 0 Å². The van der Waals surface area contributed by atoms with Crippen LogP contribution >= 0.6 is 0 Å². The molecule has 1 saturated heterocycles. The van der Waals surface area contributed by atoms with E-state index in [0.29, 0.717) is 6.54 Å². The lowest BCUT2D eigenvalue weighted by Gasteiger charge is -2.30. The molecule has 5 nitrogen and oxygen atoms in total. The fraction of sp³-hybridized carbons (Fsp3) is 0.385. The predicted molar refractivity (Wildman–Crippen MR) is 68.0 cm³/mol. The first-order valence-electron chi connectivity index (χ1n) is 6.18. The van der Waals surface area contributed by atoms with Gasteiger partial charge in [0.2, 0.25) is 0 Å². The highest BCUT2D eigenvalue weighted by molar-refractivity contribution is 5.54. The van der Waals surface area contributed by atoms with E-state index < -0.39 is 0 Å². The first-order valence-corrected chi connectivity index (χ1v) is 6.18. The van der Waals surface area contributed by atoms with Crippen molar-refractivity contribution in [1.82, 2.24) is 19.9 Å². The number of pyridine rings is 1. The molecule has 94 valence electrons. The zero-order valence-corrected chi connectivity index (χ0v) is 10.0. The normalized spacial score (nSPS) is 24.1. The van der Waals surface area contributed by atoms with Gasteiger partial charge in [-0.1, -0.05) is 0 Å². The molecule has 3 rings (SSSR count). The number of nitrogens with one attached hydrogen (secondary N) is 1. The second-order valence-electron chi connectivity index (χ2n) is 4.52. The van der Waals surface area contributed by atoms with E-state index in [1.165, 1.54) is 0 Å². The van der Waals surface area contributed by atoms with Crippen molar-refractivity contribution in [3.8, 4) is 11.4 Å². The Hall–Kier alpha value is -1.72. The summed E-state index contributed by atoms with van der Waals surface area (Å²) in [5, 5.41) is 13.3. The van der Waals surface area contributed by atoms with Crippen molar-refractivity contribution in [3.63, 3.8) is 0 Å². The van der Waals surface area contributed by atoms with Gasteiger partial charge >= 0.3 is 0 Å². The van der Waals surface area contributed by atoms with E-state index in [9.17, 15) is 5.11 Å². The van der Waals surface area contributed by atoms with Crippen LogP contribution in [0.5, 0.6) is 0 Å². The van der Waals surface area contributed by atoms with Crippen LogP contribution in [0.2, 0.25) is 0 Å². The minimum absolute atomic E-state index is 0.0944. The van der Waals surface area contributed by atoms with Crippen molar-refractivity contribution in [2.24, 2.45) is 0 Å². The molecule has 0 spiro atoms. The average molecular weight is 244 g/mol. The SMILES string of the molecule is O[C@H]1CNCC[C@@H]1n1ccnc1-c1ccncc1. The summed E-state index contributed by atoms with van der Waals surface area (Å²) in [4.78, 5) is 8.42. The van der Waals surface area contributed by atoms with Gasteiger partial charge in [0.05, 0.1) is 12.1 Å². The maximum Gasteiger partial charge on any atom is 0.140 e. The molecule has 0 saturated carbocycles. The number of aromatic nitrogens is 3. The second kappa shape index (κ2) is 4.88. The molecule has 2 aromatic rings. The summed E-state index contributed by atoms with van der Waals surface area (Å²) in [6, 6.07) is 3.97. The van der Waals surface area contributed by atoms with Crippen molar-refractivity contribution in [2.75, 3.05) is 13.1 Å². The third-order valence-electron chi connectivity index (χ3n) is 3.38. The smallest absolute Gasteiger partial charge is 0.140 e. The monoisotopic (exact) mass is 244 g/mol. The Morgan fingerprint density at radius 1 is 1.28 bits per heavy atom. The first kappa shape index (κ1) is 11.4. The largest absolute Gasteiger partial charge is 0.390 e. The Bertz CT molecular complexity index is 511. The molecule has 0 aliphatic carbocycles. The van der Waals surface area contributed by atoms with Gasteiger partial charge in [-0.15, -0.1) is 0 Å². The fourth-order valence-electron chi connectivity index (χ4n) is 2.46. The number of hydrogen-bond acceptors (Lipinski definition) is 4. The van der Waals surface area contributed by atoms with Gasteiger partial charge in [0.25, 0.3) is 0 Å². The van der Waals surface area contributed by atoms with E-state index in [4.69, 9.17) is 0 Å². The summed E-state index contributed by atoms with van der Waals surface area (Å²) in [7, 11) is 0. The Balaban J connectivity index is 1.96. The summed E-state index contributed by atoms with van der Waals surface area (Å²) >= 11 is 0. The van der Waals surface area contributed by atoms with Crippen LogP contribution in [0, 0.1) is 0 Å². The van der Waals surface area contributed by atoms with E-state index in [-0.39, 0.29) is 12.1 Å². The standard InChI is InChI=1S/C13H16N4O/c18-12-9-15-6-3-11(12)17-8-7-16-13(17)10-1-4-14-5-2-10/h1-2,4-5,7-8,11-12,15,18H,3,6,9H2/t11-,12-/m0/s1. The highest BCUT2D eigenvalue weighted by Gasteiger charge is 2.26. The molecule has 0 aromatic carbocycles. The molecule has 5 heteroatoms. The van der Waals surface area contributed by atoms with Gasteiger partial charge in [-0.2, -0.15) is 0 Å². The Kier molecular flexibility index (Phi) is 3.08. The van der Waals surface area contributed by atoms with Crippen molar-refractivity contribution in [2.45, 2.75) is 18.6 Å². The van der Waals surface area contributed by atoms with Crippen LogP contribution in [-0.2, 0) is 0 Å². The van der Waals surface area contributed by atoms with Crippen molar-refractivity contribution in [3.05, 3.63) is 36.9 Å². The summed E-state index contributed by atoms with van der Waals surface area (Å²) in [5.74, 6) is 0.892. The Morgan fingerprint density at radius 3 is 2.89 bits per heavy atom. The molecule has 1 aliphatic heterocycles. The van der Waals surface area contributed by atoms with Gasteiger partial charge in [0, 0.05) is 36.9 Å². The summed E-state index contributed by atoms with van der Waals surface area (Å²) < 4.78 is 2.07. The van der Waals surface area contributed by atoms with E-state index in [1.54, 1.807) is 18.6 Å². The van der Waals surface area contributed by atoms with E-state index in [0.717, 1.165) is 24.4 Å². The first-order chi connectivity index (χ1) is 8.86. The quantitative estimate of drug-likeness (QED) is 0.821. The molecule has 0 bridgehead atoms. The number of aliphatic hydroxyl groups is 1. The highest BCUT2D eigenvalue weighted by Crippen LogP contribution is 2.25. The van der Waals surface area contributed by atoms with Crippen LogP contribution in [0.15, 0.2) is 36.9 Å². The van der Waals surface area contributed by atoms with E-state index in [2.05, 4.69) is 19.9 Å². The zero-order chi connectivity index (χ0) is 12.4. The molecule has 0 amide bonds. The molecule has 2 aromatic heterocycles. The zero-order valence-electron chi connectivity index (χ0n) is 10.0. The van der Waals surface area contributed by atoms with Crippen molar-refractivity contribution in [1.29, 1.82) is 0 Å². The Labute approximate surface area is 106 Å². The molecule has 18 heavy (non-hydrogen) atoms. The number of hydrogen-bond donors (Lipinski definition) is 2. The lowest BCUT2D eigenvalue weighted by atomic mass is 10.0. The van der Waals surface area contributed by atoms with Crippen LogP contribution in [0.3, 0.4) is 0 Å². The van der Waals surface area contributed by atoms with Gasteiger partial charge in [-0.3, -0.25) is 4.98 Å². The minimum atomic E-state index is -0.367. The lowest BCUT2D eigenvalue weighted by Crippen LogP contribution is -2.41. The van der Waals surface area contributed by atoms with Crippen molar-refractivity contribution >= 4 is 0 Å². The molecule has 2 N–H and O–H groups in total. The third kappa shape index (κ3) is 2.02. The molecule has 2 atom stereocenters. The van der Waals surface area contributed by atoms with Crippen molar-refractivity contribution < 1.29 is 5.11 Å². The summed E-state index contributed by atoms with van der Waals surface area (Å²) in [6.45, 7) is 1.56. The summed E-state index contributed by atoms with van der Waals surface area (Å²) in [5.41, 5.74) is 1.03. The number of aliphatic hydroxyl groups excluding tert-OH is 1. The molecule has 1 fully saturated rings. The molecular weight excluding hydrogens is 228 g/mol. The molecule has 0 radical (unpaired) electrons. The summed E-state index contributed by atoms with van der Waals surface area (Å²) in [6.07, 6.45) is 7.78. The van der Waals surface area contributed by atoms with Crippen LogP contribution in [-0.4, -0.2) is 38.8 Å². The van der Waals surface area contributed by atoms with E-state index >= 15 is 0 Å². The van der Waals surface area contributed by atoms with Gasteiger partial charge in [0.15, 0.2) is 0 Å². The molecule has 0 unspecified atom stereocenters. The van der Waals surface area contributed by atoms with Gasteiger partial charge in [-0.05, 0) is 25.1 Å². The van der Waals surface area contributed by atoms with Crippen LogP contribution < -0.4 is 5.32 Å². The van der Waals surface area contributed by atoms with Gasteiger partial charge in [0.1, 0.15) is 5.82 Å². The number of imidazole rings is 1. The molecular formula is C13H16N4O. The highest BCUT2D eigenvalue weighted by atomic mass is 16.3. The average Bonchev–Trinajstić information content (AvgIpc) is 2.89. The number of piperidine rings is 1. The molecule has 1 aliphatic rings.